The Kier molecular flexibility index (Phi) is 5.14. The highest BCUT2D eigenvalue weighted by Gasteiger charge is 2.43. The van der Waals surface area contributed by atoms with Crippen LogP contribution < -0.4 is 5.32 Å². The third-order valence-electron chi connectivity index (χ3n) is 2.77. The van der Waals surface area contributed by atoms with Gasteiger partial charge in [-0.3, -0.25) is 0 Å². The Morgan fingerprint density at radius 1 is 1.26 bits per heavy atom. The van der Waals surface area contributed by atoms with E-state index in [9.17, 15) is 15.0 Å². The second-order valence-electron chi connectivity index (χ2n) is 5.60. The van der Waals surface area contributed by atoms with Gasteiger partial charge in [-0.15, -0.1) is 0 Å². The fraction of sp³-hybridized carbons (Fsp3) is 0.917. The van der Waals surface area contributed by atoms with Gasteiger partial charge in [-0.1, -0.05) is 0 Å². The van der Waals surface area contributed by atoms with Crippen molar-refractivity contribution >= 4 is 6.09 Å². The van der Waals surface area contributed by atoms with Gasteiger partial charge in [0.25, 0.3) is 0 Å². The van der Waals surface area contributed by atoms with Crippen LogP contribution in [0.5, 0.6) is 0 Å². The van der Waals surface area contributed by atoms with Crippen molar-refractivity contribution in [2.45, 2.75) is 63.9 Å². The molecule has 0 spiro atoms. The van der Waals surface area contributed by atoms with Crippen LogP contribution in [0.25, 0.3) is 0 Å². The number of methoxy groups -OCH3 is 1. The zero-order valence-corrected chi connectivity index (χ0v) is 11.9. The lowest BCUT2D eigenvalue weighted by Crippen LogP contribution is -2.63. The first kappa shape index (κ1) is 16.2. The molecule has 1 aliphatic rings. The van der Waals surface area contributed by atoms with Crippen molar-refractivity contribution in [1.82, 2.24) is 5.32 Å². The van der Waals surface area contributed by atoms with Crippen molar-refractivity contribution in [2.24, 2.45) is 0 Å². The van der Waals surface area contributed by atoms with E-state index in [0.717, 1.165) is 0 Å². The Hall–Kier alpha value is -0.890. The molecule has 0 unspecified atom stereocenters. The van der Waals surface area contributed by atoms with Gasteiger partial charge in [0.15, 0.2) is 6.29 Å². The monoisotopic (exact) mass is 277 g/mol. The summed E-state index contributed by atoms with van der Waals surface area (Å²) in [5.41, 5.74) is -0.637. The highest BCUT2D eigenvalue weighted by atomic mass is 16.7. The van der Waals surface area contributed by atoms with E-state index < -0.39 is 42.3 Å². The van der Waals surface area contributed by atoms with Crippen molar-refractivity contribution in [3.63, 3.8) is 0 Å². The Morgan fingerprint density at radius 3 is 2.32 bits per heavy atom. The largest absolute Gasteiger partial charge is 0.444 e. The maximum absolute atomic E-state index is 11.7. The third kappa shape index (κ3) is 4.31. The van der Waals surface area contributed by atoms with Crippen LogP contribution in [0.4, 0.5) is 4.79 Å². The Balaban J connectivity index is 2.65. The summed E-state index contributed by atoms with van der Waals surface area (Å²) in [5.74, 6) is 0. The van der Waals surface area contributed by atoms with Crippen LogP contribution in [0, 0.1) is 0 Å². The summed E-state index contributed by atoms with van der Waals surface area (Å²) < 4.78 is 15.4. The molecule has 1 fully saturated rings. The van der Waals surface area contributed by atoms with Gasteiger partial charge in [-0.25, -0.2) is 4.79 Å². The molecule has 1 saturated heterocycles. The van der Waals surface area contributed by atoms with Crippen molar-refractivity contribution in [2.75, 3.05) is 7.11 Å². The van der Waals surface area contributed by atoms with Gasteiger partial charge in [-0.05, 0) is 27.7 Å². The quantitative estimate of drug-likeness (QED) is 0.657. The second kappa shape index (κ2) is 6.04. The number of hydrogen-bond acceptors (Lipinski definition) is 6. The number of alkyl carbamates (subject to hydrolysis) is 1. The Labute approximate surface area is 112 Å². The molecule has 5 atom stereocenters. The van der Waals surface area contributed by atoms with Gasteiger partial charge >= 0.3 is 6.09 Å². The summed E-state index contributed by atoms with van der Waals surface area (Å²) >= 11 is 0. The van der Waals surface area contributed by atoms with Crippen LogP contribution in [0.3, 0.4) is 0 Å². The molecule has 3 N–H and O–H groups in total. The zero-order chi connectivity index (χ0) is 14.8. The molecule has 1 rings (SSSR count). The number of rotatable bonds is 2. The van der Waals surface area contributed by atoms with Gasteiger partial charge in [0, 0.05) is 7.11 Å². The predicted molar refractivity (Wildman–Crippen MR) is 66.5 cm³/mol. The predicted octanol–water partition coefficient (Wildman–Crippen LogP) is -0.00730. The fourth-order valence-corrected chi connectivity index (χ4v) is 1.87. The number of nitrogens with one attached hydrogen (secondary N) is 1. The van der Waals surface area contributed by atoms with Gasteiger partial charge < -0.3 is 29.7 Å². The Bertz CT molecular complexity index is 316. The molecule has 0 aromatic carbocycles. The van der Waals surface area contributed by atoms with E-state index in [1.165, 1.54) is 7.11 Å². The summed E-state index contributed by atoms with van der Waals surface area (Å²) in [6.45, 7) is 6.88. The maximum Gasteiger partial charge on any atom is 0.408 e. The maximum atomic E-state index is 11.7. The summed E-state index contributed by atoms with van der Waals surface area (Å²) in [7, 11) is 1.37. The minimum absolute atomic E-state index is 0.518. The number of ether oxygens (including phenoxy) is 3. The molecule has 112 valence electrons. The molecular formula is C12H23NO6. The molecule has 0 radical (unpaired) electrons. The highest BCUT2D eigenvalue weighted by molar-refractivity contribution is 5.68. The number of hydrogen-bond donors (Lipinski definition) is 3. The van der Waals surface area contributed by atoms with Crippen molar-refractivity contribution in [3.8, 4) is 0 Å². The van der Waals surface area contributed by atoms with Gasteiger partial charge in [0.1, 0.15) is 17.8 Å². The number of aliphatic hydroxyl groups is 2. The molecule has 7 nitrogen and oxygen atoms in total. The van der Waals surface area contributed by atoms with Crippen LogP contribution in [-0.4, -0.2) is 59.7 Å². The zero-order valence-electron chi connectivity index (χ0n) is 11.9. The minimum atomic E-state index is -1.24. The third-order valence-corrected chi connectivity index (χ3v) is 2.77. The summed E-state index contributed by atoms with van der Waals surface area (Å²) in [5, 5.41) is 22.3. The topological polar surface area (TPSA) is 97.3 Å². The number of amides is 1. The molecule has 0 aromatic rings. The normalized spacial score (nSPS) is 35.8. The van der Waals surface area contributed by atoms with Crippen LogP contribution in [-0.2, 0) is 14.2 Å². The number of carbonyl (C=O) groups is 1. The van der Waals surface area contributed by atoms with E-state index in [1.54, 1.807) is 27.7 Å². The SMILES string of the molecule is CO[C@H]1O[C@H](C)[C@H](NC(=O)OC(C)(C)C)[C@@H](O)[C@H]1O. The lowest BCUT2D eigenvalue weighted by molar-refractivity contribution is -0.263. The molecule has 1 heterocycles. The molecule has 19 heavy (non-hydrogen) atoms. The van der Waals surface area contributed by atoms with Crippen molar-refractivity contribution in [3.05, 3.63) is 0 Å². The summed E-state index contributed by atoms with van der Waals surface area (Å²) in [6, 6.07) is -0.767. The van der Waals surface area contributed by atoms with E-state index in [4.69, 9.17) is 14.2 Å². The smallest absolute Gasteiger partial charge is 0.408 e. The van der Waals surface area contributed by atoms with Crippen LogP contribution >= 0.6 is 0 Å². The molecule has 7 heteroatoms. The van der Waals surface area contributed by atoms with Gasteiger partial charge in [0.2, 0.25) is 0 Å². The van der Waals surface area contributed by atoms with Crippen molar-refractivity contribution < 1.29 is 29.2 Å². The first-order valence-electron chi connectivity index (χ1n) is 6.19. The summed E-state index contributed by atoms with van der Waals surface area (Å²) in [4.78, 5) is 11.7. The number of carbonyl (C=O) groups excluding carboxylic acids is 1. The fourth-order valence-electron chi connectivity index (χ4n) is 1.87. The first-order chi connectivity index (χ1) is 8.65. The molecule has 1 amide bonds. The van der Waals surface area contributed by atoms with E-state index in [-0.39, 0.29) is 0 Å². The molecule has 0 aromatic heterocycles. The summed E-state index contributed by atoms with van der Waals surface area (Å²) in [6.07, 6.45) is -4.53. The minimum Gasteiger partial charge on any atom is -0.444 e. The van der Waals surface area contributed by atoms with E-state index >= 15 is 0 Å². The molecule has 0 bridgehead atoms. The lowest BCUT2D eigenvalue weighted by atomic mass is 9.97. The molecular weight excluding hydrogens is 254 g/mol. The van der Waals surface area contributed by atoms with E-state index in [2.05, 4.69) is 5.32 Å². The van der Waals surface area contributed by atoms with Crippen LogP contribution in [0.2, 0.25) is 0 Å². The average molecular weight is 277 g/mol. The first-order valence-corrected chi connectivity index (χ1v) is 6.19. The molecule has 0 aliphatic carbocycles. The van der Waals surface area contributed by atoms with Gasteiger partial charge in [-0.2, -0.15) is 0 Å². The second-order valence-corrected chi connectivity index (χ2v) is 5.60. The van der Waals surface area contributed by atoms with Crippen molar-refractivity contribution in [1.29, 1.82) is 0 Å². The van der Waals surface area contributed by atoms with Gasteiger partial charge in [0.05, 0.1) is 12.1 Å². The van der Waals surface area contributed by atoms with Crippen LogP contribution in [0.15, 0.2) is 0 Å². The lowest BCUT2D eigenvalue weighted by Gasteiger charge is -2.41. The molecule has 1 aliphatic heterocycles. The van der Waals surface area contributed by atoms with E-state index in [1.807, 2.05) is 0 Å². The average Bonchev–Trinajstić information content (AvgIpc) is 2.27. The van der Waals surface area contributed by atoms with Crippen LogP contribution in [0.1, 0.15) is 27.7 Å². The highest BCUT2D eigenvalue weighted by Crippen LogP contribution is 2.21. The molecule has 0 saturated carbocycles. The standard InChI is InChI=1S/C12H23NO6/c1-6-7(13-11(16)19-12(2,3)4)8(14)9(15)10(17-5)18-6/h6-10,14-15H,1-5H3,(H,13,16)/t6-,7+,8-,9-,10+/m1/s1. The Morgan fingerprint density at radius 2 is 1.84 bits per heavy atom. The number of aliphatic hydroxyl groups excluding tert-OH is 2. The van der Waals surface area contributed by atoms with E-state index in [0.29, 0.717) is 0 Å².